The van der Waals surface area contributed by atoms with Crippen molar-refractivity contribution < 1.29 is 24.0 Å². The highest BCUT2D eigenvalue weighted by atomic mass is 16.5. The highest BCUT2D eigenvalue weighted by Gasteiger charge is 2.25. The van der Waals surface area contributed by atoms with Crippen molar-refractivity contribution in [2.45, 2.75) is 33.2 Å². The molecule has 0 aliphatic carbocycles. The van der Waals surface area contributed by atoms with Gasteiger partial charge in [-0.3, -0.25) is 14.9 Å². The van der Waals surface area contributed by atoms with E-state index < -0.39 is 23.3 Å². The fourth-order valence-corrected chi connectivity index (χ4v) is 1.62. The SMILES string of the molecule is CC(C)(CC(=O)O)CC(=O)NC(=O)NCc1ccon1. The third-order valence-corrected chi connectivity index (χ3v) is 2.44. The molecule has 0 fully saturated rings. The monoisotopic (exact) mass is 283 g/mol. The highest BCUT2D eigenvalue weighted by molar-refractivity contribution is 5.94. The lowest BCUT2D eigenvalue weighted by atomic mass is 9.85. The number of carbonyl (C=O) groups excluding carboxylic acids is 2. The summed E-state index contributed by atoms with van der Waals surface area (Å²) in [6, 6.07) is 0.919. The van der Waals surface area contributed by atoms with Crippen molar-refractivity contribution in [3.8, 4) is 0 Å². The number of aliphatic carboxylic acids is 1. The summed E-state index contributed by atoms with van der Waals surface area (Å²) in [5, 5.41) is 16.9. The lowest BCUT2D eigenvalue weighted by molar-refractivity contribution is -0.139. The predicted octanol–water partition coefficient (Wildman–Crippen LogP) is 0.891. The van der Waals surface area contributed by atoms with Crippen LogP contribution in [0.3, 0.4) is 0 Å². The summed E-state index contributed by atoms with van der Waals surface area (Å²) < 4.78 is 4.59. The van der Waals surface area contributed by atoms with Crippen LogP contribution in [0.4, 0.5) is 4.79 Å². The van der Waals surface area contributed by atoms with Crippen LogP contribution in [0.1, 0.15) is 32.4 Å². The number of imide groups is 1. The van der Waals surface area contributed by atoms with E-state index in [9.17, 15) is 14.4 Å². The number of urea groups is 1. The topological polar surface area (TPSA) is 122 Å². The Bertz CT molecular complexity index is 481. The number of carboxylic acid groups (broad SMARTS) is 1. The number of aromatic nitrogens is 1. The fourth-order valence-electron chi connectivity index (χ4n) is 1.62. The molecule has 0 saturated heterocycles. The second kappa shape index (κ2) is 6.69. The quantitative estimate of drug-likeness (QED) is 0.712. The van der Waals surface area contributed by atoms with E-state index in [-0.39, 0.29) is 19.4 Å². The number of amides is 3. The molecule has 0 aromatic carbocycles. The average Bonchev–Trinajstić information content (AvgIpc) is 2.75. The van der Waals surface area contributed by atoms with Crippen molar-refractivity contribution in [1.29, 1.82) is 0 Å². The summed E-state index contributed by atoms with van der Waals surface area (Å²) in [5.74, 6) is -1.52. The normalized spacial score (nSPS) is 10.9. The Morgan fingerprint density at radius 3 is 2.60 bits per heavy atom. The number of hydrogen-bond acceptors (Lipinski definition) is 5. The minimum Gasteiger partial charge on any atom is -0.481 e. The second-order valence-corrected chi connectivity index (χ2v) is 5.13. The molecule has 8 heteroatoms. The number of hydrogen-bond donors (Lipinski definition) is 3. The second-order valence-electron chi connectivity index (χ2n) is 5.13. The molecule has 8 nitrogen and oxygen atoms in total. The first-order valence-corrected chi connectivity index (χ1v) is 5.97. The molecule has 1 aromatic rings. The number of nitrogens with zero attached hydrogens (tertiary/aromatic N) is 1. The van der Waals surface area contributed by atoms with Gasteiger partial charge < -0.3 is 14.9 Å². The average molecular weight is 283 g/mol. The molecular formula is C12H17N3O5. The summed E-state index contributed by atoms with van der Waals surface area (Å²) >= 11 is 0. The van der Waals surface area contributed by atoms with E-state index in [0.29, 0.717) is 5.69 Å². The molecule has 0 aliphatic heterocycles. The van der Waals surface area contributed by atoms with Gasteiger partial charge in [-0.2, -0.15) is 0 Å². The van der Waals surface area contributed by atoms with Crippen LogP contribution < -0.4 is 10.6 Å². The van der Waals surface area contributed by atoms with E-state index in [4.69, 9.17) is 5.11 Å². The third-order valence-electron chi connectivity index (χ3n) is 2.44. The van der Waals surface area contributed by atoms with Crippen LogP contribution in [-0.2, 0) is 16.1 Å². The summed E-state index contributed by atoms with van der Waals surface area (Å²) in [4.78, 5) is 33.7. The van der Waals surface area contributed by atoms with Gasteiger partial charge in [-0.1, -0.05) is 19.0 Å². The smallest absolute Gasteiger partial charge is 0.321 e. The van der Waals surface area contributed by atoms with E-state index in [1.807, 2.05) is 0 Å². The zero-order valence-corrected chi connectivity index (χ0v) is 11.3. The molecule has 20 heavy (non-hydrogen) atoms. The van der Waals surface area contributed by atoms with Crippen LogP contribution in [0.15, 0.2) is 16.9 Å². The van der Waals surface area contributed by atoms with Gasteiger partial charge in [0, 0.05) is 12.5 Å². The number of nitrogens with one attached hydrogen (secondary N) is 2. The van der Waals surface area contributed by atoms with E-state index in [0.717, 1.165) is 0 Å². The number of carbonyl (C=O) groups is 3. The number of rotatable bonds is 6. The Hall–Kier alpha value is -2.38. The maximum absolute atomic E-state index is 11.6. The van der Waals surface area contributed by atoms with E-state index >= 15 is 0 Å². The fraction of sp³-hybridized carbons (Fsp3) is 0.500. The molecule has 3 amide bonds. The van der Waals surface area contributed by atoms with E-state index in [1.54, 1.807) is 19.9 Å². The molecule has 1 heterocycles. The van der Waals surface area contributed by atoms with Crippen LogP contribution in [0, 0.1) is 5.41 Å². The zero-order valence-electron chi connectivity index (χ0n) is 11.3. The lowest BCUT2D eigenvalue weighted by Crippen LogP contribution is -2.40. The zero-order chi connectivity index (χ0) is 15.2. The Labute approximate surface area is 115 Å². The minimum absolute atomic E-state index is 0.0588. The van der Waals surface area contributed by atoms with Crippen molar-refractivity contribution in [3.05, 3.63) is 18.0 Å². The van der Waals surface area contributed by atoms with Gasteiger partial charge in [-0.15, -0.1) is 0 Å². The highest BCUT2D eigenvalue weighted by Crippen LogP contribution is 2.24. The summed E-state index contributed by atoms with van der Waals surface area (Å²) in [6.07, 6.45) is 1.16. The van der Waals surface area contributed by atoms with Gasteiger partial charge in [-0.25, -0.2) is 4.79 Å². The lowest BCUT2D eigenvalue weighted by Gasteiger charge is -2.21. The molecule has 1 aromatic heterocycles. The maximum Gasteiger partial charge on any atom is 0.321 e. The van der Waals surface area contributed by atoms with Crippen LogP contribution in [-0.4, -0.2) is 28.2 Å². The molecule has 0 bridgehead atoms. The van der Waals surface area contributed by atoms with E-state index in [2.05, 4.69) is 20.3 Å². The standard InChI is InChI=1S/C12H17N3O5/c1-12(2,6-10(17)18)5-9(16)14-11(19)13-7-8-3-4-20-15-8/h3-4H,5-7H2,1-2H3,(H,17,18)(H2,13,14,16,19). The van der Waals surface area contributed by atoms with Crippen molar-refractivity contribution in [2.75, 3.05) is 0 Å². The van der Waals surface area contributed by atoms with Gasteiger partial charge in [0.1, 0.15) is 12.0 Å². The predicted molar refractivity (Wildman–Crippen MR) is 67.5 cm³/mol. The molecule has 0 unspecified atom stereocenters. The first-order valence-electron chi connectivity index (χ1n) is 5.97. The van der Waals surface area contributed by atoms with Crippen LogP contribution in [0.5, 0.6) is 0 Å². The first-order chi connectivity index (χ1) is 9.28. The first kappa shape index (κ1) is 15.7. The Morgan fingerprint density at radius 1 is 1.35 bits per heavy atom. The van der Waals surface area contributed by atoms with Crippen molar-refractivity contribution in [3.63, 3.8) is 0 Å². The molecule has 110 valence electrons. The summed E-state index contributed by atoms with van der Waals surface area (Å²) in [7, 11) is 0. The Balaban J connectivity index is 2.34. The Kier molecular flexibility index (Phi) is 5.24. The van der Waals surface area contributed by atoms with Crippen LogP contribution >= 0.6 is 0 Å². The maximum atomic E-state index is 11.6. The molecule has 0 aliphatic rings. The molecule has 0 radical (unpaired) electrons. The van der Waals surface area contributed by atoms with Crippen molar-refractivity contribution in [2.24, 2.45) is 5.41 Å². The molecular weight excluding hydrogens is 266 g/mol. The van der Waals surface area contributed by atoms with Gasteiger partial charge in [0.15, 0.2) is 0 Å². The third kappa shape index (κ3) is 5.98. The van der Waals surface area contributed by atoms with Crippen molar-refractivity contribution in [1.82, 2.24) is 15.8 Å². The van der Waals surface area contributed by atoms with Gasteiger partial charge in [0.2, 0.25) is 5.91 Å². The van der Waals surface area contributed by atoms with Gasteiger partial charge in [-0.05, 0) is 5.41 Å². The largest absolute Gasteiger partial charge is 0.481 e. The number of carboxylic acids is 1. The molecule has 0 atom stereocenters. The molecule has 0 spiro atoms. The molecule has 1 rings (SSSR count). The van der Waals surface area contributed by atoms with Crippen molar-refractivity contribution >= 4 is 17.9 Å². The van der Waals surface area contributed by atoms with Gasteiger partial charge in [0.05, 0.1) is 13.0 Å². The van der Waals surface area contributed by atoms with Crippen LogP contribution in [0.2, 0.25) is 0 Å². The summed E-state index contributed by atoms with van der Waals surface area (Å²) in [6.45, 7) is 3.43. The molecule has 0 saturated carbocycles. The summed E-state index contributed by atoms with van der Waals surface area (Å²) in [5.41, 5.74) is -0.193. The van der Waals surface area contributed by atoms with E-state index in [1.165, 1.54) is 6.26 Å². The Morgan fingerprint density at radius 2 is 2.05 bits per heavy atom. The molecule has 3 N–H and O–H groups in total. The van der Waals surface area contributed by atoms with Gasteiger partial charge in [0.25, 0.3) is 0 Å². The van der Waals surface area contributed by atoms with Gasteiger partial charge >= 0.3 is 12.0 Å². The van der Waals surface area contributed by atoms with Crippen LogP contribution in [0.25, 0.3) is 0 Å². The minimum atomic E-state index is -0.988.